The van der Waals surface area contributed by atoms with Crippen LogP contribution in [0.5, 0.6) is 5.75 Å². The van der Waals surface area contributed by atoms with Gasteiger partial charge in [0.25, 0.3) is 0 Å². The van der Waals surface area contributed by atoms with Crippen molar-refractivity contribution in [3.8, 4) is 5.75 Å². The van der Waals surface area contributed by atoms with Crippen LogP contribution in [0, 0.1) is 11.8 Å². The molecule has 1 aliphatic carbocycles. The van der Waals surface area contributed by atoms with Gasteiger partial charge in [-0.05, 0) is 48.9 Å². The molecule has 128 valence electrons. The smallest absolute Gasteiger partial charge is 0.336 e. The molecular formula is C20H25NO3. The van der Waals surface area contributed by atoms with Crippen molar-refractivity contribution in [3.63, 3.8) is 0 Å². The zero-order valence-electron chi connectivity index (χ0n) is 14.3. The van der Waals surface area contributed by atoms with Crippen LogP contribution in [-0.2, 0) is 6.54 Å². The van der Waals surface area contributed by atoms with E-state index in [4.69, 9.17) is 9.15 Å². The summed E-state index contributed by atoms with van der Waals surface area (Å²) in [6, 6.07) is 7.38. The number of nitrogens with zero attached hydrogens (tertiary/aromatic N) is 1. The van der Waals surface area contributed by atoms with E-state index >= 15 is 0 Å². The Kier molecular flexibility index (Phi) is 4.31. The van der Waals surface area contributed by atoms with Gasteiger partial charge in [0.2, 0.25) is 0 Å². The van der Waals surface area contributed by atoms with Gasteiger partial charge < -0.3 is 9.15 Å². The monoisotopic (exact) mass is 327 g/mol. The van der Waals surface area contributed by atoms with Crippen molar-refractivity contribution >= 4 is 11.0 Å². The lowest BCUT2D eigenvalue weighted by Gasteiger charge is -2.41. The van der Waals surface area contributed by atoms with Crippen molar-refractivity contribution in [1.29, 1.82) is 0 Å². The van der Waals surface area contributed by atoms with E-state index in [2.05, 4.69) is 4.90 Å². The van der Waals surface area contributed by atoms with Crippen LogP contribution in [0.25, 0.3) is 11.0 Å². The molecule has 2 fully saturated rings. The second-order valence-electron chi connectivity index (χ2n) is 7.28. The number of hydrogen-bond acceptors (Lipinski definition) is 4. The molecule has 1 aromatic carbocycles. The molecule has 2 atom stereocenters. The van der Waals surface area contributed by atoms with E-state index in [0.29, 0.717) is 11.3 Å². The Labute approximate surface area is 142 Å². The quantitative estimate of drug-likeness (QED) is 0.804. The summed E-state index contributed by atoms with van der Waals surface area (Å²) in [4.78, 5) is 14.5. The van der Waals surface area contributed by atoms with Gasteiger partial charge in [-0.2, -0.15) is 0 Å². The summed E-state index contributed by atoms with van der Waals surface area (Å²) in [6.45, 7) is 3.14. The molecule has 2 heterocycles. The van der Waals surface area contributed by atoms with E-state index in [9.17, 15) is 4.79 Å². The Bertz CT molecular complexity index is 782. The van der Waals surface area contributed by atoms with Crippen molar-refractivity contribution in [2.45, 2.75) is 38.6 Å². The fourth-order valence-electron chi connectivity index (χ4n) is 4.53. The highest BCUT2D eigenvalue weighted by atomic mass is 16.5. The zero-order valence-corrected chi connectivity index (χ0v) is 14.3. The first-order valence-corrected chi connectivity index (χ1v) is 9.06. The highest BCUT2D eigenvalue weighted by molar-refractivity contribution is 5.81. The van der Waals surface area contributed by atoms with Gasteiger partial charge in [0.1, 0.15) is 11.3 Å². The van der Waals surface area contributed by atoms with E-state index in [1.54, 1.807) is 19.2 Å². The molecule has 0 amide bonds. The van der Waals surface area contributed by atoms with Crippen molar-refractivity contribution in [1.82, 2.24) is 4.90 Å². The first-order chi connectivity index (χ1) is 11.7. The molecule has 1 aromatic heterocycles. The lowest BCUT2D eigenvalue weighted by molar-refractivity contribution is 0.0822. The first-order valence-electron chi connectivity index (χ1n) is 9.06. The molecule has 2 aliphatic rings. The van der Waals surface area contributed by atoms with Crippen LogP contribution in [0.4, 0.5) is 0 Å². The third-order valence-electron chi connectivity index (χ3n) is 5.81. The van der Waals surface area contributed by atoms with Crippen LogP contribution in [-0.4, -0.2) is 25.1 Å². The van der Waals surface area contributed by atoms with Gasteiger partial charge in [-0.1, -0.05) is 19.3 Å². The molecule has 0 unspecified atom stereocenters. The van der Waals surface area contributed by atoms with Gasteiger partial charge in [-0.3, -0.25) is 4.90 Å². The topological polar surface area (TPSA) is 42.7 Å². The van der Waals surface area contributed by atoms with E-state index in [1.165, 1.54) is 38.6 Å². The SMILES string of the molecule is COc1ccc2c(CN3CC[C@@H]4CCCC[C@@H]4C3)cc(=O)oc2c1. The largest absolute Gasteiger partial charge is 0.497 e. The van der Waals surface area contributed by atoms with E-state index in [-0.39, 0.29) is 5.63 Å². The minimum Gasteiger partial charge on any atom is -0.497 e. The highest BCUT2D eigenvalue weighted by Crippen LogP contribution is 2.36. The number of rotatable bonds is 3. The minimum absolute atomic E-state index is 0.279. The van der Waals surface area contributed by atoms with Gasteiger partial charge in [0.05, 0.1) is 7.11 Å². The maximum Gasteiger partial charge on any atom is 0.336 e. The summed E-state index contributed by atoms with van der Waals surface area (Å²) in [6.07, 6.45) is 6.88. The Morgan fingerprint density at radius 1 is 1.17 bits per heavy atom. The number of fused-ring (bicyclic) bond motifs is 2. The molecule has 0 spiro atoms. The van der Waals surface area contributed by atoms with Gasteiger partial charge in [-0.25, -0.2) is 4.79 Å². The number of hydrogen-bond donors (Lipinski definition) is 0. The number of ether oxygens (including phenoxy) is 1. The fraction of sp³-hybridized carbons (Fsp3) is 0.550. The van der Waals surface area contributed by atoms with Crippen molar-refractivity contribution in [2.24, 2.45) is 11.8 Å². The van der Waals surface area contributed by atoms with Crippen molar-refractivity contribution in [2.75, 3.05) is 20.2 Å². The van der Waals surface area contributed by atoms with E-state index in [1.807, 2.05) is 12.1 Å². The van der Waals surface area contributed by atoms with Crippen LogP contribution in [0.15, 0.2) is 33.5 Å². The second-order valence-corrected chi connectivity index (χ2v) is 7.28. The Morgan fingerprint density at radius 3 is 2.83 bits per heavy atom. The summed E-state index contributed by atoms with van der Waals surface area (Å²) in [7, 11) is 1.62. The number of likely N-dealkylation sites (tertiary alicyclic amines) is 1. The Hall–Kier alpha value is -1.81. The second kappa shape index (κ2) is 6.60. The Balaban J connectivity index is 1.59. The molecule has 0 bridgehead atoms. The normalized spacial score (nSPS) is 24.7. The first kappa shape index (κ1) is 15.7. The summed E-state index contributed by atoms with van der Waals surface area (Å²) in [5.41, 5.74) is 1.40. The lowest BCUT2D eigenvalue weighted by atomic mass is 9.75. The van der Waals surface area contributed by atoms with Gasteiger partial charge >= 0.3 is 5.63 Å². The highest BCUT2D eigenvalue weighted by Gasteiger charge is 2.31. The molecule has 0 N–H and O–H groups in total. The van der Waals surface area contributed by atoms with Crippen molar-refractivity contribution < 1.29 is 9.15 Å². The molecule has 2 aromatic rings. The standard InChI is InChI=1S/C20H25NO3/c1-23-17-6-7-18-16(10-20(22)24-19(18)11-17)13-21-9-8-14-4-2-3-5-15(14)12-21/h6-7,10-11,14-15H,2-5,8-9,12-13H2,1H3/t14-,15+/m0/s1. The minimum atomic E-state index is -0.279. The molecule has 24 heavy (non-hydrogen) atoms. The van der Waals surface area contributed by atoms with Gasteiger partial charge in [0, 0.05) is 30.6 Å². The Morgan fingerprint density at radius 2 is 2.00 bits per heavy atom. The van der Waals surface area contributed by atoms with Crippen LogP contribution in [0.1, 0.15) is 37.7 Å². The molecule has 4 nitrogen and oxygen atoms in total. The van der Waals surface area contributed by atoms with E-state index in [0.717, 1.165) is 35.9 Å². The maximum atomic E-state index is 11.9. The number of methoxy groups -OCH3 is 1. The van der Waals surface area contributed by atoms with Crippen LogP contribution in [0.3, 0.4) is 0 Å². The van der Waals surface area contributed by atoms with E-state index < -0.39 is 0 Å². The van der Waals surface area contributed by atoms with Gasteiger partial charge in [0.15, 0.2) is 0 Å². The fourth-order valence-corrected chi connectivity index (χ4v) is 4.53. The summed E-state index contributed by atoms with van der Waals surface area (Å²) >= 11 is 0. The third kappa shape index (κ3) is 3.07. The average molecular weight is 327 g/mol. The van der Waals surface area contributed by atoms with Gasteiger partial charge in [-0.15, -0.1) is 0 Å². The third-order valence-corrected chi connectivity index (χ3v) is 5.81. The molecule has 4 rings (SSSR count). The molecule has 1 saturated heterocycles. The summed E-state index contributed by atoms with van der Waals surface area (Å²) in [5, 5.41) is 1.01. The average Bonchev–Trinajstić information content (AvgIpc) is 2.61. The summed E-state index contributed by atoms with van der Waals surface area (Å²) < 4.78 is 10.6. The predicted molar refractivity (Wildman–Crippen MR) is 94.4 cm³/mol. The predicted octanol–water partition coefficient (Wildman–Crippen LogP) is 3.81. The number of piperidine rings is 1. The zero-order chi connectivity index (χ0) is 16.5. The van der Waals surface area contributed by atoms with Crippen molar-refractivity contribution in [3.05, 3.63) is 40.2 Å². The lowest BCUT2D eigenvalue weighted by Crippen LogP contribution is -2.41. The molecular weight excluding hydrogens is 302 g/mol. The number of benzene rings is 1. The van der Waals surface area contributed by atoms with Crippen LogP contribution >= 0.6 is 0 Å². The molecule has 4 heteroatoms. The molecule has 1 saturated carbocycles. The maximum absolute atomic E-state index is 11.9. The van der Waals surface area contributed by atoms with Crippen LogP contribution in [0.2, 0.25) is 0 Å². The summed E-state index contributed by atoms with van der Waals surface area (Å²) in [5.74, 6) is 2.49. The van der Waals surface area contributed by atoms with Crippen LogP contribution < -0.4 is 10.4 Å². The molecule has 0 radical (unpaired) electrons. The molecule has 1 aliphatic heterocycles.